The van der Waals surface area contributed by atoms with Gasteiger partial charge in [0.05, 0.1) is 16.9 Å². The summed E-state index contributed by atoms with van der Waals surface area (Å²) in [5.41, 5.74) is 2.16. The summed E-state index contributed by atoms with van der Waals surface area (Å²) in [6, 6.07) is 8.13. The fourth-order valence-electron chi connectivity index (χ4n) is 4.79. The molecule has 2 saturated carbocycles. The summed E-state index contributed by atoms with van der Waals surface area (Å²) in [6.07, 6.45) is 8.15. The van der Waals surface area contributed by atoms with E-state index in [0.29, 0.717) is 24.2 Å². The lowest BCUT2D eigenvalue weighted by Gasteiger charge is -2.44. The number of hydrogen-bond donors (Lipinski definition) is 1. The molecule has 1 spiro atoms. The minimum Gasteiger partial charge on any atom is -0.464 e. The number of carbonyl (C=O) groups is 2. The predicted molar refractivity (Wildman–Crippen MR) is 127 cm³/mol. The van der Waals surface area contributed by atoms with E-state index in [2.05, 4.69) is 10.3 Å². The molecule has 2 fully saturated rings. The van der Waals surface area contributed by atoms with Crippen LogP contribution in [0.25, 0.3) is 0 Å². The number of aliphatic imine (C=N–C) groups is 1. The highest BCUT2D eigenvalue weighted by molar-refractivity contribution is 6.27. The molecule has 1 heterocycles. The molecule has 0 amide bonds. The van der Waals surface area contributed by atoms with Crippen molar-refractivity contribution in [2.75, 3.05) is 11.9 Å². The van der Waals surface area contributed by atoms with Crippen molar-refractivity contribution >= 4 is 34.5 Å². The van der Waals surface area contributed by atoms with Crippen LogP contribution in [0.4, 0.5) is 17.1 Å². The first-order chi connectivity index (χ1) is 16.4. The van der Waals surface area contributed by atoms with E-state index in [-0.39, 0.29) is 18.1 Å². The SMILES string of the molecule is CCOC(=O)[C@H](Cc1ccc(Nc2ccncc2[N+](=O)[O-])cc1)N=C1CC(=O)C12CCCCC2. The zero-order valence-corrected chi connectivity index (χ0v) is 19.2. The lowest BCUT2D eigenvalue weighted by Crippen LogP contribution is -2.52. The van der Waals surface area contributed by atoms with Crippen molar-refractivity contribution in [1.29, 1.82) is 0 Å². The van der Waals surface area contributed by atoms with Crippen LogP contribution in [0.15, 0.2) is 47.7 Å². The van der Waals surface area contributed by atoms with Gasteiger partial charge in [-0.2, -0.15) is 0 Å². The van der Waals surface area contributed by atoms with Gasteiger partial charge >= 0.3 is 11.7 Å². The lowest BCUT2D eigenvalue weighted by molar-refractivity contribution is -0.384. The van der Waals surface area contributed by atoms with E-state index in [1.54, 1.807) is 25.1 Å². The van der Waals surface area contributed by atoms with Gasteiger partial charge in [0, 0.05) is 30.4 Å². The number of pyridine rings is 1. The number of nitro groups is 1. The largest absolute Gasteiger partial charge is 0.464 e. The number of hydrogen-bond acceptors (Lipinski definition) is 8. The van der Waals surface area contributed by atoms with Crippen LogP contribution in [-0.4, -0.2) is 40.0 Å². The summed E-state index contributed by atoms with van der Waals surface area (Å²) in [4.78, 5) is 44.4. The minimum atomic E-state index is -0.707. The van der Waals surface area contributed by atoms with E-state index in [4.69, 9.17) is 9.73 Å². The first kappa shape index (κ1) is 23.5. The van der Waals surface area contributed by atoms with Crippen molar-refractivity contribution in [3.63, 3.8) is 0 Å². The van der Waals surface area contributed by atoms with Gasteiger partial charge in [0.15, 0.2) is 6.04 Å². The second-order valence-electron chi connectivity index (χ2n) is 8.76. The molecule has 2 aromatic rings. The molecule has 9 heteroatoms. The number of ketones is 1. The molecule has 0 radical (unpaired) electrons. The maximum Gasteiger partial charge on any atom is 0.331 e. The second-order valence-corrected chi connectivity index (χ2v) is 8.76. The molecule has 1 aromatic carbocycles. The highest BCUT2D eigenvalue weighted by Crippen LogP contribution is 2.47. The van der Waals surface area contributed by atoms with Gasteiger partial charge in [-0.05, 0) is 43.5 Å². The molecule has 1 atom stereocenters. The maximum absolute atomic E-state index is 12.7. The first-order valence-corrected chi connectivity index (χ1v) is 11.6. The average molecular weight is 465 g/mol. The van der Waals surface area contributed by atoms with E-state index in [1.807, 2.05) is 12.1 Å². The van der Waals surface area contributed by atoms with Crippen LogP contribution in [-0.2, 0) is 20.7 Å². The van der Waals surface area contributed by atoms with Crippen LogP contribution in [0.5, 0.6) is 0 Å². The highest BCUT2D eigenvalue weighted by atomic mass is 16.6. The monoisotopic (exact) mass is 464 g/mol. The molecule has 0 aliphatic heterocycles. The Labute approximate surface area is 197 Å². The Morgan fingerprint density at radius 2 is 1.97 bits per heavy atom. The zero-order valence-electron chi connectivity index (χ0n) is 19.2. The Bertz CT molecular complexity index is 1110. The number of rotatable bonds is 8. The van der Waals surface area contributed by atoms with Crippen LogP contribution in [0.3, 0.4) is 0 Å². The van der Waals surface area contributed by atoms with Crippen LogP contribution < -0.4 is 5.32 Å². The van der Waals surface area contributed by atoms with Crippen LogP contribution in [0, 0.1) is 15.5 Å². The Hall–Kier alpha value is -3.62. The van der Waals surface area contributed by atoms with E-state index < -0.39 is 22.3 Å². The summed E-state index contributed by atoms with van der Waals surface area (Å²) in [6.45, 7) is 2.02. The molecule has 1 aromatic heterocycles. The van der Waals surface area contributed by atoms with Crippen molar-refractivity contribution in [3.8, 4) is 0 Å². The van der Waals surface area contributed by atoms with E-state index >= 15 is 0 Å². The molecular formula is C25H28N4O5. The number of nitrogens with zero attached hydrogens (tertiary/aromatic N) is 3. The molecule has 0 saturated heterocycles. The third-order valence-corrected chi connectivity index (χ3v) is 6.65. The molecule has 2 aliphatic rings. The molecule has 1 N–H and O–H groups in total. The fraction of sp³-hybridized carbons (Fsp3) is 0.440. The number of benzene rings is 1. The Balaban J connectivity index is 1.51. The Morgan fingerprint density at radius 1 is 1.24 bits per heavy atom. The van der Waals surface area contributed by atoms with Gasteiger partial charge in [0.1, 0.15) is 17.7 Å². The van der Waals surface area contributed by atoms with Gasteiger partial charge in [-0.15, -0.1) is 0 Å². The number of aromatic nitrogens is 1. The van der Waals surface area contributed by atoms with Crippen molar-refractivity contribution in [3.05, 3.63) is 58.4 Å². The Kier molecular flexibility index (Phi) is 7.00. The molecule has 0 bridgehead atoms. The standard InChI is InChI=1S/C25H28N4O5/c1-2-34-24(31)20(28-22-15-23(30)25(22)11-4-3-5-12-25)14-17-6-8-18(9-7-17)27-19-10-13-26-16-21(19)29(32)33/h6-10,13,16,20H,2-5,11-12,14-15H2,1H3,(H,26,27)/t20-/m0/s1. The van der Waals surface area contributed by atoms with Gasteiger partial charge in [-0.3, -0.25) is 24.9 Å². The second kappa shape index (κ2) is 10.1. The number of nitrogens with one attached hydrogen (secondary N) is 1. The molecule has 4 rings (SSSR count). The average Bonchev–Trinajstić information content (AvgIpc) is 2.85. The number of esters is 1. The first-order valence-electron chi connectivity index (χ1n) is 11.6. The smallest absolute Gasteiger partial charge is 0.331 e. The molecule has 0 unspecified atom stereocenters. The summed E-state index contributed by atoms with van der Waals surface area (Å²) in [5, 5.41) is 14.2. The Morgan fingerprint density at radius 3 is 2.62 bits per heavy atom. The summed E-state index contributed by atoms with van der Waals surface area (Å²) in [7, 11) is 0. The quantitative estimate of drug-likeness (QED) is 0.345. The van der Waals surface area contributed by atoms with Gasteiger partial charge in [0.25, 0.3) is 0 Å². The number of anilines is 2. The molecule has 178 valence electrons. The van der Waals surface area contributed by atoms with Crippen LogP contribution in [0.2, 0.25) is 0 Å². The van der Waals surface area contributed by atoms with Crippen molar-refractivity contribution in [2.24, 2.45) is 10.4 Å². The van der Waals surface area contributed by atoms with Crippen LogP contribution in [0.1, 0.15) is 51.0 Å². The molecule has 2 aliphatic carbocycles. The molecule has 34 heavy (non-hydrogen) atoms. The topological polar surface area (TPSA) is 124 Å². The van der Waals surface area contributed by atoms with Crippen molar-refractivity contribution < 1.29 is 19.2 Å². The van der Waals surface area contributed by atoms with Gasteiger partial charge in [-0.1, -0.05) is 31.4 Å². The number of carbonyl (C=O) groups excluding carboxylic acids is 2. The highest BCUT2D eigenvalue weighted by Gasteiger charge is 2.52. The summed E-state index contributed by atoms with van der Waals surface area (Å²) < 4.78 is 5.27. The summed E-state index contributed by atoms with van der Waals surface area (Å²) >= 11 is 0. The number of ether oxygens (including phenoxy) is 1. The zero-order chi connectivity index (χ0) is 24.1. The van der Waals surface area contributed by atoms with Crippen LogP contribution >= 0.6 is 0 Å². The molecule has 9 nitrogen and oxygen atoms in total. The maximum atomic E-state index is 12.7. The minimum absolute atomic E-state index is 0.114. The van der Waals surface area contributed by atoms with Crippen molar-refractivity contribution in [1.82, 2.24) is 4.98 Å². The fourth-order valence-corrected chi connectivity index (χ4v) is 4.79. The van der Waals surface area contributed by atoms with E-state index in [1.165, 1.54) is 12.4 Å². The van der Waals surface area contributed by atoms with E-state index in [9.17, 15) is 19.7 Å². The van der Waals surface area contributed by atoms with Gasteiger partial charge in [-0.25, -0.2) is 4.79 Å². The normalized spacial score (nSPS) is 18.9. The molecular weight excluding hydrogens is 436 g/mol. The third kappa shape index (κ3) is 4.83. The van der Waals surface area contributed by atoms with Gasteiger partial charge in [0.2, 0.25) is 0 Å². The van der Waals surface area contributed by atoms with E-state index in [0.717, 1.165) is 43.4 Å². The third-order valence-electron chi connectivity index (χ3n) is 6.65. The predicted octanol–water partition coefficient (Wildman–Crippen LogP) is 4.57. The summed E-state index contributed by atoms with van der Waals surface area (Å²) in [5.74, 6) is -0.149. The lowest BCUT2D eigenvalue weighted by atomic mass is 9.58. The van der Waals surface area contributed by atoms with Crippen molar-refractivity contribution in [2.45, 2.75) is 57.9 Å². The van der Waals surface area contributed by atoms with Gasteiger partial charge < -0.3 is 10.1 Å². The number of Topliss-reactive ketones (excluding diaryl/α,β-unsaturated/α-hetero) is 1.